The fourth-order valence-corrected chi connectivity index (χ4v) is 2.79. The number of anilines is 2. The lowest BCUT2D eigenvalue weighted by atomic mass is 9.84. The molecule has 1 aromatic heterocycles. The van der Waals surface area contributed by atoms with Gasteiger partial charge >= 0.3 is 5.97 Å². The molecule has 1 aliphatic rings. The summed E-state index contributed by atoms with van der Waals surface area (Å²) in [5.41, 5.74) is 6.79. The van der Waals surface area contributed by atoms with E-state index in [1.807, 2.05) is 0 Å². The molecule has 0 spiro atoms. The third-order valence-corrected chi connectivity index (χ3v) is 4.02. The maximum atomic E-state index is 11.5. The van der Waals surface area contributed by atoms with Crippen LogP contribution in [0.15, 0.2) is 12.1 Å². The van der Waals surface area contributed by atoms with Crippen molar-refractivity contribution >= 4 is 17.5 Å². The van der Waals surface area contributed by atoms with Crippen molar-refractivity contribution < 1.29 is 9.53 Å². The monoisotopic (exact) mass is 277 g/mol. The van der Waals surface area contributed by atoms with E-state index in [2.05, 4.69) is 22.0 Å². The molecule has 5 nitrogen and oxygen atoms in total. The standard InChI is InChI=1S/C15H23N3O2/c1-3-10-5-4-6-11(9-10)17-14-12(16)7-8-13(18-14)15(19)20-2/h7-8,10-11H,3-6,9,16H2,1-2H3,(H,17,18). The van der Waals surface area contributed by atoms with Crippen molar-refractivity contribution in [2.24, 2.45) is 5.92 Å². The molecule has 1 aliphatic carbocycles. The highest BCUT2D eigenvalue weighted by Crippen LogP contribution is 2.29. The van der Waals surface area contributed by atoms with Gasteiger partial charge in [0.25, 0.3) is 0 Å². The number of aromatic nitrogens is 1. The van der Waals surface area contributed by atoms with Crippen molar-refractivity contribution in [1.82, 2.24) is 4.98 Å². The van der Waals surface area contributed by atoms with Gasteiger partial charge in [-0.05, 0) is 30.9 Å². The summed E-state index contributed by atoms with van der Waals surface area (Å²) in [5.74, 6) is 0.920. The van der Waals surface area contributed by atoms with E-state index < -0.39 is 5.97 Å². The summed E-state index contributed by atoms with van der Waals surface area (Å²) in [6, 6.07) is 3.67. The van der Waals surface area contributed by atoms with Crippen LogP contribution in [0.25, 0.3) is 0 Å². The Balaban J connectivity index is 2.10. The molecule has 1 heterocycles. The van der Waals surface area contributed by atoms with Crippen LogP contribution in [-0.4, -0.2) is 24.1 Å². The van der Waals surface area contributed by atoms with Gasteiger partial charge in [-0.3, -0.25) is 0 Å². The minimum Gasteiger partial charge on any atom is -0.464 e. The third-order valence-electron chi connectivity index (χ3n) is 4.02. The minimum atomic E-state index is -0.442. The number of pyridine rings is 1. The summed E-state index contributed by atoms with van der Waals surface area (Å²) < 4.78 is 4.69. The number of carbonyl (C=O) groups excluding carboxylic acids is 1. The van der Waals surface area contributed by atoms with E-state index in [-0.39, 0.29) is 5.69 Å². The zero-order valence-corrected chi connectivity index (χ0v) is 12.2. The second-order valence-electron chi connectivity index (χ2n) is 5.41. The van der Waals surface area contributed by atoms with Gasteiger partial charge in [-0.15, -0.1) is 0 Å². The molecular formula is C15H23N3O2. The van der Waals surface area contributed by atoms with Crippen molar-refractivity contribution in [2.75, 3.05) is 18.2 Å². The van der Waals surface area contributed by atoms with Crippen LogP contribution in [0.1, 0.15) is 49.5 Å². The number of methoxy groups -OCH3 is 1. The molecule has 2 rings (SSSR count). The van der Waals surface area contributed by atoms with Crippen LogP contribution in [0.3, 0.4) is 0 Å². The number of hydrogen-bond donors (Lipinski definition) is 2. The van der Waals surface area contributed by atoms with Crippen molar-refractivity contribution in [2.45, 2.75) is 45.1 Å². The second kappa shape index (κ2) is 6.59. The Kier molecular flexibility index (Phi) is 4.82. The van der Waals surface area contributed by atoms with E-state index in [4.69, 9.17) is 5.73 Å². The Morgan fingerprint density at radius 3 is 3.00 bits per heavy atom. The van der Waals surface area contributed by atoms with Crippen molar-refractivity contribution in [3.8, 4) is 0 Å². The maximum absolute atomic E-state index is 11.5. The zero-order valence-electron chi connectivity index (χ0n) is 12.2. The molecule has 0 radical (unpaired) electrons. The average molecular weight is 277 g/mol. The quantitative estimate of drug-likeness (QED) is 0.827. The molecule has 20 heavy (non-hydrogen) atoms. The molecule has 1 fully saturated rings. The summed E-state index contributed by atoms with van der Waals surface area (Å²) in [5, 5.41) is 3.39. The van der Waals surface area contributed by atoms with Crippen LogP contribution in [0.5, 0.6) is 0 Å². The third kappa shape index (κ3) is 3.40. The number of esters is 1. The highest BCUT2D eigenvalue weighted by Gasteiger charge is 2.22. The highest BCUT2D eigenvalue weighted by atomic mass is 16.5. The number of nitrogens with one attached hydrogen (secondary N) is 1. The summed E-state index contributed by atoms with van der Waals surface area (Å²) in [6.07, 6.45) is 6.01. The van der Waals surface area contributed by atoms with Crippen molar-refractivity contribution in [3.05, 3.63) is 17.8 Å². The van der Waals surface area contributed by atoms with Crippen LogP contribution in [0.2, 0.25) is 0 Å². The van der Waals surface area contributed by atoms with Gasteiger partial charge < -0.3 is 15.8 Å². The number of nitrogen functional groups attached to an aromatic ring is 1. The normalized spacial score (nSPS) is 22.3. The van der Waals surface area contributed by atoms with Gasteiger partial charge in [0.05, 0.1) is 12.8 Å². The van der Waals surface area contributed by atoms with E-state index in [1.165, 1.54) is 26.4 Å². The molecule has 3 N–H and O–H groups in total. The number of hydrogen-bond acceptors (Lipinski definition) is 5. The second-order valence-corrected chi connectivity index (χ2v) is 5.41. The predicted octanol–water partition coefficient (Wildman–Crippen LogP) is 2.83. The molecule has 0 aromatic carbocycles. The van der Waals surface area contributed by atoms with Crippen LogP contribution in [0.4, 0.5) is 11.5 Å². The lowest BCUT2D eigenvalue weighted by Crippen LogP contribution is -2.28. The van der Waals surface area contributed by atoms with Gasteiger partial charge in [-0.25, -0.2) is 9.78 Å². The van der Waals surface area contributed by atoms with Gasteiger partial charge in [0, 0.05) is 6.04 Å². The molecule has 5 heteroatoms. The van der Waals surface area contributed by atoms with Crippen LogP contribution >= 0.6 is 0 Å². The van der Waals surface area contributed by atoms with Crippen LogP contribution < -0.4 is 11.1 Å². The smallest absolute Gasteiger partial charge is 0.356 e. The average Bonchev–Trinajstić information content (AvgIpc) is 2.49. The molecule has 1 aromatic rings. The highest BCUT2D eigenvalue weighted by molar-refractivity contribution is 5.88. The van der Waals surface area contributed by atoms with E-state index in [0.29, 0.717) is 17.5 Å². The predicted molar refractivity (Wildman–Crippen MR) is 79.6 cm³/mol. The SMILES string of the molecule is CCC1CCCC(Nc2nc(C(=O)OC)ccc2N)C1. The minimum absolute atomic E-state index is 0.284. The fourth-order valence-electron chi connectivity index (χ4n) is 2.79. The lowest BCUT2D eigenvalue weighted by Gasteiger charge is -2.29. The molecule has 0 aliphatic heterocycles. The first kappa shape index (κ1) is 14.6. The number of rotatable bonds is 4. The van der Waals surface area contributed by atoms with Gasteiger partial charge in [-0.2, -0.15) is 0 Å². The Hall–Kier alpha value is -1.78. The number of nitrogens with two attached hydrogens (primary N) is 1. The van der Waals surface area contributed by atoms with Crippen LogP contribution in [-0.2, 0) is 4.74 Å². The number of ether oxygens (including phenoxy) is 1. The molecule has 0 amide bonds. The lowest BCUT2D eigenvalue weighted by molar-refractivity contribution is 0.0594. The molecule has 2 unspecified atom stereocenters. The fraction of sp³-hybridized carbons (Fsp3) is 0.600. The maximum Gasteiger partial charge on any atom is 0.356 e. The van der Waals surface area contributed by atoms with Gasteiger partial charge in [-0.1, -0.05) is 26.2 Å². The number of nitrogens with zero attached hydrogens (tertiary/aromatic N) is 1. The largest absolute Gasteiger partial charge is 0.464 e. The van der Waals surface area contributed by atoms with Gasteiger partial charge in [0.2, 0.25) is 0 Å². The molecule has 2 atom stereocenters. The Bertz CT molecular complexity index is 476. The molecule has 110 valence electrons. The van der Waals surface area contributed by atoms with Crippen molar-refractivity contribution in [1.29, 1.82) is 0 Å². The Labute approximate surface area is 119 Å². The topological polar surface area (TPSA) is 77.2 Å². The first-order valence-electron chi connectivity index (χ1n) is 7.25. The molecular weight excluding hydrogens is 254 g/mol. The zero-order chi connectivity index (χ0) is 14.5. The van der Waals surface area contributed by atoms with Gasteiger partial charge in [0.15, 0.2) is 5.69 Å². The molecule has 0 saturated heterocycles. The summed E-state index contributed by atoms with van der Waals surface area (Å²) in [7, 11) is 1.35. The first-order chi connectivity index (χ1) is 9.63. The first-order valence-corrected chi connectivity index (χ1v) is 7.25. The Morgan fingerprint density at radius 2 is 2.30 bits per heavy atom. The van der Waals surface area contributed by atoms with Gasteiger partial charge in [0.1, 0.15) is 5.82 Å². The molecule has 1 saturated carbocycles. The summed E-state index contributed by atoms with van der Waals surface area (Å²) in [4.78, 5) is 15.8. The number of carbonyl (C=O) groups is 1. The van der Waals surface area contributed by atoms with Crippen molar-refractivity contribution in [3.63, 3.8) is 0 Å². The van der Waals surface area contributed by atoms with Crippen LogP contribution in [0, 0.1) is 5.92 Å². The summed E-state index contributed by atoms with van der Waals surface area (Å²) in [6.45, 7) is 2.23. The van der Waals surface area contributed by atoms with E-state index in [9.17, 15) is 4.79 Å². The van der Waals surface area contributed by atoms with E-state index in [1.54, 1.807) is 12.1 Å². The Morgan fingerprint density at radius 1 is 1.50 bits per heavy atom. The van der Waals surface area contributed by atoms with E-state index in [0.717, 1.165) is 18.8 Å². The molecule has 0 bridgehead atoms. The summed E-state index contributed by atoms with van der Waals surface area (Å²) >= 11 is 0. The van der Waals surface area contributed by atoms with E-state index >= 15 is 0 Å².